The number of carbonyl (C=O) groups is 2. The number of carbonyl (C=O) groups excluding carboxylic acids is 2. The van der Waals surface area contributed by atoms with E-state index >= 15 is 0 Å². The summed E-state index contributed by atoms with van der Waals surface area (Å²) in [6, 6.07) is 25.9. The van der Waals surface area contributed by atoms with Crippen LogP contribution in [0.25, 0.3) is 0 Å². The average Bonchev–Trinajstić information content (AvgIpc) is 2.99. The Hall–Kier alpha value is -3.56. The second-order valence-corrected chi connectivity index (χ2v) is 14.0. The summed E-state index contributed by atoms with van der Waals surface area (Å²) in [5, 5.41) is 3.49. The van der Waals surface area contributed by atoms with E-state index in [1.165, 1.54) is 29.2 Å². The van der Waals surface area contributed by atoms with Gasteiger partial charge < -0.3 is 10.2 Å². The van der Waals surface area contributed by atoms with Gasteiger partial charge >= 0.3 is 0 Å². The lowest BCUT2D eigenvalue weighted by molar-refractivity contribution is -0.140. The number of hydrogen-bond acceptors (Lipinski definition) is 4. The van der Waals surface area contributed by atoms with Gasteiger partial charge in [-0.15, -0.1) is 0 Å². The van der Waals surface area contributed by atoms with Gasteiger partial charge in [-0.1, -0.05) is 101 Å². The SMILES string of the molecule is Cc1ccc(S(=O)(=O)N(CC(=O)N(Cc2cccc(Cl)c2)[C@@H](Cc2ccccc2)C(=O)NC(C)C)c2cccc(Cl)c2Cl)cc1. The molecular formula is C34H34Cl3N3O4S. The van der Waals surface area contributed by atoms with Crippen LogP contribution in [-0.2, 0) is 32.6 Å². The van der Waals surface area contributed by atoms with Crippen molar-refractivity contribution in [1.82, 2.24) is 10.2 Å². The first-order chi connectivity index (χ1) is 21.4. The van der Waals surface area contributed by atoms with E-state index in [4.69, 9.17) is 34.8 Å². The van der Waals surface area contributed by atoms with Crippen LogP contribution >= 0.6 is 34.8 Å². The van der Waals surface area contributed by atoms with Gasteiger partial charge in [-0.25, -0.2) is 8.42 Å². The van der Waals surface area contributed by atoms with E-state index in [-0.39, 0.29) is 45.5 Å². The monoisotopic (exact) mass is 685 g/mol. The van der Waals surface area contributed by atoms with Crippen LogP contribution in [0.2, 0.25) is 15.1 Å². The molecule has 236 valence electrons. The normalized spacial score (nSPS) is 12.1. The van der Waals surface area contributed by atoms with Crippen LogP contribution < -0.4 is 9.62 Å². The fourth-order valence-electron chi connectivity index (χ4n) is 4.80. The van der Waals surface area contributed by atoms with Crippen LogP contribution in [0.4, 0.5) is 5.69 Å². The highest BCUT2D eigenvalue weighted by molar-refractivity contribution is 7.92. The van der Waals surface area contributed by atoms with Crippen molar-refractivity contribution in [3.8, 4) is 0 Å². The standard InChI is InChI=1S/C34H34Cl3N3O4S/c1-23(2)38-34(42)31(20-25-9-5-4-6-10-25)39(21-26-11-7-12-27(35)19-26)32(41)22-40(30-14-8-13-29(36)33(30)37)45(43,44)28-17-15-24(3)16-18-28/h4-19,23,31H,20-22H2,1-3H3,(H,38,42)/t31-/m0/s1. The third-order valence-electron chi connectivity index (χ3n) is 7.03. The maximum atomic E-state index is 14.5. The van der Waals surface area contributed by atoms with E-state index in [9.17, 15) is 18.0 Å². The number of hydrogen-bond donors (Lipinski definition) is 1. The fourth-order valence-corrected chi connectivity index (χ4v) is 6.89. The Labute approximate surface area is 279 Å². The molecule has 0 heterocycles. The van der Waals surface area contributed by atoms with Crippen molar-refractivity contribution in [2.45, 2.75) is 50.7 Å². The fraction of sp³-hybridized carbons (Fsp3) is 0.235. The molecule has 2 amide bonds. The number of halogens is 3. The summed E-state index contributed by atoms with van der Waals surface area (Å²) in [6.07, 6.45) is 0.189. The first-order valence-corrected chi connectivity index (χ1v) is 16.9. The molecule has 0 aliphatic rings. The summed E-state index contributed by atoms with van der Waals surface area (Å²) in [4.78, 5) is 29.6. The number of rotatable bonds is 12. The largest absolute Gasteiger partial charge is 0.352 e. The quantitative estimate of drug-likeness (QED) is 0.169. The molecule has 0 saturated carbocycles. The van der Waals surface area contributed by atoms with Crippen LogP contribution in [0.1, 0.15) is 30.5 Å². The van der Waals surface area contributed by atoms with E-state index in [0.29, 0.717) is 10.6 Å². The Bertz CT molecular complexity index is 1750. The maximum absolute atomic E-state index is 14.5. The number of sulfonamides is 1. The Kier molecular flexibility index (Phi) is 11.6. The number of nitrogens with one attached hydrogen (secondary N) is 1. The Morgan fingerprint density at radius 2 is 1.47 bits per heavy atom. The van der Waals surface area contributed by atoms with E-state index in [1.54, 1.807) is 42.5 Å². The smallest absolute Gasteiger partial charge is 0.264 e. The molecule has 0 radical (unpaired) electrons. The third-order valence-corrected chi connectivity index (χ3v) is 9.85. The Morgan fingerprint density at radius 3 is 2.11 bits per heavy atom. The molecule has 11 heteroatoms. The van der Waals surface area contributed by atoms with Crippen molar-refractivity contribution in [2.24, 2.45) is 0 Å². The first kappa shape index (κ1) is 34.3. The van der Waals surface area contributed by atoms with Gasteiger partial charge in [0.1, 0.15) is 12.6 Å². The molecule has 0 spiro atoms. The van der Waals surface area contributed by atoms with Gasteiger partial charge in [0.05, 0.1) is 20.6 Å². The summed E-state index contributed by atoms with van der Waals surface area (Å²) in [7, 11) is -4.32. The van der Waals surface area contributed by atoms with Gasteiger partial charge in [0.2, 0.25) is 11.8 Å². The highest BCUT2D eigenvalue weighted by Crippen LogP contribution is 2.35. The number of aryl methyl sites for hydroxylation is 1. The molecule has 0 saturated heterocycles. The predicted molar refractivity (Wildman–Crippen MR) is 181 cm³/mol. The van der Waals surface area contributed by atoms with Crippen molar-refractivity contribution < 1.29 is 18.0 Å². The van der Waals surface area contributed by atoms with Crippen molar-refractivity contribution >= 4 is 62.3 Å². The Morgan fingerprint density at radius 1 is 0.822 bits per heavy atom. The minimum absolute atomic E-state index is 0.00982. The molecule has 7 nitrogen and oxygen atoms in total. The molecular weight excluding hydrogens is 653 g/mol. The highest BCUT2D eigenvalue weighted by Gasteiger charge is 2.35. The van der Waals surface area contributed by atoms with E-state index in [1.807, 2.05) is 51.1 Å². The molecule has 0 aliphatic heterocycles. The number of benzene rings is 4. The lowest BCUT2D eigenvalue weighted by Crippen LogP contribution is -2.54. The molecule has 0 fully saturated rings. The van der Waals surface area contributed by atoms with Gasteiger partial charge in [0.25, 0.3) is 10.0 Å². The minimum atomic E-state index is -4.32. The summed E-state index contributed by atoms with van der Waals surface area (Å²) in [6.45, 7) is 4.84. The topological polar surface area (TPSA) is 86.8 Å². The first-order valence-electron chi connectivity index (χ1n) is 14.3. The minimum Gasteiger partial charge on any atom is -0.352 e. The zero-order chi connectivity index (χ0) is 32.7. The molecule has 0 aromatic heterocycles. The van der Waals surface area contributed by atoms with Gasteiger partial charge in [-0.2, -0.15) is 0 Å². The van der Waals surface area contributed by atoms with Crippen molar-refractivity contribution in [1.29, 1.82) is 0 Å². The van der Waals surface area contributed by atoms with E-state index < -0.39 is 28.5 Å². The van der Waals surface area contributed by atoms with E-state index in [0.717, 1.165) is 15.4 Å². The summed E-state index contributed by atoms with van der Waals surface area (Å²) < 4.78 is 29.3. The molecule has 4 aromatic rings. The molecule has 4 aromatic carbocycles. The second-order valence-electron chi connectivity index (χ2n) is 10.9. The van der Waals surface area contributed by atoms with Crippen LogP contribution in [0.3, 0.4) is 0 Å². The zero-order valence-corrected chi connectivity index (χ0v) is 28.2. The number of amides is 2. The van der Waals surface area contributed by atoms with Crippen LogP contribution in [0.15, 0.2) is 102 Å². The van der Waals surface area contributed by atoms with Crippen molar-refractivity contribution in [2.75, 3.05) is 10.8 Å². The maximum Gasteiger partial charge on any atom is 0.264 e. The molecule has 45 heavy (non-hydrogen) atoms. The molecule has 0 aliphatic carbocycles. The lowest BCUT2D eigenvalue weighted by Gasteiger charge is -2.34. The molecule has 4 rings (SSSR count). The molecule has 0 unspecified atom stereocenters. The lowest BCUT2D eigenvalue weighted by atomic mass is 10.0. The van der Waals surface area contributed by atoms with Gasteiger partial charge in [-0.3, -0.25) is 13.9 Å². The third kappa shape index (κ3) is 8.79. The van der Waals surface area contributed by atoms with Crippen LogP contribution in [0, 0.1) is 6.92 Å². The van der Waals surface area contributed by atoms with Crippen LogP contribution in [0.5, 0.6) is 0 Å². The molecule has 0 bridgehead atoms. The van der Waals surface area contributed by atoms with Gasteiger partial charge in [0, 0.05) is 24.0 Å². The summed E-state index contributed by atoms with van der Waals surface area (Å²) in [5.74, 6) is -1.00. The van der Waals surface area contributed by atoms with Crippen LogP contribution in [-0.4, -0.2) is 43.8 Å². The van der Waals surface area contributed by atoms with Crippen molar-refractivity contribution in [3.63, 3.8) is 0 Å². The van der Waals surface area contributed by atoms with Gasteiger partial charge in [0.15, 0.2) is 0 Å². The molecule has 1 atom stereocenters. The summed E-state index contributed by atoms with van der Waals surface area (Å²) in [5.41, 5.74) is 2.39. The average molecular weight is 687 g/mol. The van der Waals surface area contributed by atoms with E-state index in [2.05, 4.69) is 5.32 Å². The summed E-state index contributed by atoms with van der Waals surface area (Å²) >= 11 is 19.2. The number of anilines is 1. The molecule has 1 N–H and O–H groups in total. The van der Waals surface area contributed by atoms with Gasteiger partial charge in [-0.05, 0) is 68.3 Å². The Balaban J connectivity index is 1.84. The number of nitrogens with zero attached hydrogens (tertiary/aromatic N) is 2. The second kappa shape index (κ2) is 15.1. The zero-order valence-electron chi connectivity index (χ0n) is 25.1. The van der Waals surface area contributed by atoms with Crippen molar-refractivity contribution in [3.05, 3.63) is 129 Å². The highest BCUT2D eigenvalue weighted by atomic mass is 35.5. The predicted octanol–water partition coefficient (Wildman–Crippen LogP) is 7.32.